The van der Waals surface area contributed by atoms with Crippen LogP contribution in [0, 0.1) is 25.5 Å². The molecule has 0 saturated heterocycles. The van der Waals surface area contributed by atoms with E-state index in [4.69, 9.17) is 5.11 Å². The van der Waals surface area contributed by atoms with Crippen LogP contribution in [0.5, 0.6) is 0 Å². The molecule has 4 nitrogen and oxygen atoms in total. The van der Waals surface area contributed by atoms with E-state index in [0.29, 0.717) is 17.2 Å². The average molecular weight is 278 g/mol. The number of hydrogen-bond acceptors (Lipinski definition) is 3. The van der Waals surface area contributed by atoms with Gasteiger partial charge < -0.3 is 5.11 Å². The first-order valence-electron chi connectivity index (χ1n) is 5.90. The van der Waals surface area contributed by atoms with E-state index in [2.05, 4.69) is 9.97 Å². The molecule has 0 saturated carbocycles. The van der Waals surface area contributed by atoms with Gasteiger partial charge in [-0.05, 0) is 25.5 Å². The quantitative estimate of drug-likeness (QED) is 0.937. The molecule has 2 aromatic rings. The Morgan fingerprint density at radius 2 is 1.80 bits per heavy atom. The fourth-order valence-electron chi connectivity index (χ4n) is 2.01. The highest BCUT2D eigenvalue weighted by Gasteiger charge is 2.15. The zero-order valence-corrected chi connectivity index (χ0v) is 10.9. The lowest BCUT2D eigenvalue weighted by atomic mass is 10.1. The molecule has 0 aliphatic heterocycles. The second kappa shape index (κ2) is 5.32. The van der Waals surface area contributed by atoms with Crippen LogP contribution >= 0.6 is 0 Å². The summed E-state index contributed by atoms with van der Waals surface area (Å²) < 4.78 is 26.4. The molecule has 1 aromatic carbocycles. The number of benzene rings is 1. The van der Waals surface area contributed by atoms with E-state index in [1.165, 1.54) is 6.07 Å². The Morgan fingerprint density at radius 3 is 2.30 bits per heavy atom. The number of halogens is 2. The van der Waals surface area contributed by atoms with Crippen molar-refractivity contribution in [3.05, 3.63) is 58.2 Å². The van der Waals surface area contributed by atoms with Gasteiger partial charge in [0, 0.05) is 12.5 Å². The molecule has 0 aliphatic rings. The summed E-state index contributed by atoms with van der Waals surface area (Å²) in [6, 6.07) is 3.27. The Balaban J connectivity index is 2.37. The minimum Gasteiger partial charge on any atom is -0.478 e. The van der Waals surface area contributed by atoms with Crippen molar-refractivity contribution in [1.29, 1.82) is 0 Å². The highest BCUT2D eigenvalue weighted by atomic mass is 19.1. The number of hydrogen-bond donors (Lipinski definition) is 1. The average Bonchev–Trinajstić information content (AvgIpc) is 2.31. The molecule has 1 N–H and O–H groups in total. The molecule has 0 atom stereocenters. The van der Waals surface area contributed by atoms with Crippen molar-refractivity contribution in [3.63, 3.8) is 0 Å². The van der Waals surface area contributed by atoms with E-state index in [-0.39, 0.29) is 17.5 Å². The fourth-order valence-corrected chi connectivity index (χ4v) is 2.01. The number of aromatic nitrogens is 2. The Kier molecular flexibility index (Phi) is 3.74. The largest absolute Gasteiger partial charge is 0.478 e. The van der Waals surface area contributed by atoms with Crippen molar-refractivity contribution < 1.29 is 18.7 Å². The van der Waals surface area contributed by atoms with Gasteiger partial charge in [-0.3, -0.25) is 0 Å². The van der Waals surface area contributed by atoms with Gasteiger partial charge in [0.25, 0.3) is 0 Å². The second-order valence-corrected chi connectivity index (χ2v) is 4.40. The maximum atomic E-state index is 13.6. The number of nitrogens with zero attached hydrogens (tertiary/aromatic N) is 2. The molecule has 20 heavy (non-hydrogen) atoms. The third-order valence-corrected chi connectivity index (χ3v) is 2.89. The van der Waals surface area contributed by atoms with Crippen molar-refractivity contribution in [1.82, 2.24) is 9.97 Å². The molecule has 0 aliphatic carbocycles. The number of rotatable bonds is 3. The zero-order chi connectivity index (χ0) is 14.9. The third-order valence-electron chi connectivity index (χ3n) is 2.89. The third kappa shape index (κ3) is 2.79. The molecule has 1 heterocycles. The minimum absolute atomic E-state index is 0.0494. The molecule has 1 aromatic heterocycles. The summed E-state index contributed by atoms with van der Waals surface area (Å²) in [6.45, 7) is 3.12. The van der Waals surface area contributed by atoms with Crippen molar-refractivity contribution in [3.8, 4) is 0 Å². The second-order valence-electron chi connectivity index (χ2n) is 4.40. The van der Waals surface area contributed by atoms with Gasteiger partial charge in [-0.15, -0.1) is 0 Å². The Labute approximate surface area is 114 Å². The van der Waals surface area contributed by atoms with E-state index >= 15 is 0 Å². The Hall–Kier alpha value is -2.37. The standard InChI is InChI=1S/C14H12F2N2O2/c1-7-13(14(19)20)8(2)18-12(17-7)5-9-3-4-10(15)6-11(9)16/h3-4,6H,5H2,1-2H3,(H,19,20). The summed E-state index contributed by atoms with van der Waals surface area (Å²) in [7, 11) is 0. The highest BCUT2D eigenvalue weighted by Crippen LogP contribution is 2.15. The van der Waals surface area contributed by atoms with E-state index in [0.717, 1.165) is 12.1 Å². The van der Waals surface area contributed by atoms with Crippen LogP contribution in [-0.2, 0) is 6.42 Å². The van der Waals surface area contributed by atoms with Crippen molar-refractivity contribution >= 4 is 5.97 Å². The topological polar surface area (TPSA) is 63.1 Å². The highest BCUT2D eigenvalue weighted by molar-refractivity contribution is 5.89. The summed E-state index contributed by atoms with van der Waals surface area (Å²) >= 11 is 0. The van der Waals surface area contributed by atoms with Gasteiger partial charge in [-0.2, -0.15) is 0 Å². The molecule has 0 unspecified atom stereocenters. The summed E-state index contributed by atoms with van der Waals surface area (Å²) in [5.74, 6) is -2.12. The van der Waals surface area contributed by atoms with Crippen LogP contribution in [-0.4, -0.2) is 21.0 Å². The van der Waals surface area contributed by atoms with Crippen LogP contribution in [0.15, 0.2) is 18.2 Å². The van der Waals surface area contributed by atoms with Crippen LogP contribution in [0.4, 0.5) is 8.78 Å². The van der Waals surface area contributed by atoms with Gasteiger partial charge >= 0.3 is 5.97 Å². The van der Waals surface area contributed by atoms with E-state index in [9.17, 15) is 13.6 Å². The predicted molar refractivity (Wildman–Crippen MR) is 67.6 cm³/mol. The first kappa shape index (κ1) is 14.0. The lowest BCUT2D eigenvalue weighted by Crippen LogP contribution is -2.11. The molecule has 0 bridgehead atoms. The lowest BCUT2D eigenvalue weighted by molar-refractivity contribution is 0.0694. The molecule has 0 fully saturated rings. The van der Waals surface area contributed by atoms with E-state index in [1.54, 1.807) is 13.8 Å². The summed E-state index contributed by atoms with van der Waals surface area (Å²) in [4.78, 5) is 19.1. The van der Waals surface area contributed by atoms with Crippen LogP contribution in [0.3, 0.4) is 0 Å². The SMILES string of the molecule is Cc1nc(Cc2ccc(F)cc2F)nc(C)c1C(=O)O. The van der Waals surface area contributed by atoms with Crippen molar-refractivity contribution in [2.75, 3.05) is 0 Å². The predicted octanol–water partition coefficient (Wildman–Crippen LogP) is 2.66. The number of carbonyl (C=O) groups is 1. The number of carboxylic acids is 1. The lowest BCUT2D eigenvalue weighted by Gasteiger charge is -2.08. The molecule has 6 heteroatoms. The normalized spacial score (nSPS) is 10.6. The molecule has 2 rings (SSSR count). The van der Waals surface area contributed by atoms with Crippen LogP contribution in [0.25, 0.3) is 0 Å². The van der Waals surface area contributed by atoms with Gasteiger partial charge in [0.2, 0.25) is 0 Å². The Bertz CT molecular complexity index is 664. The number of carboxylic acid groups (broad SMARTS) is 1. The monoisotopic (exact) mass is 278 g/mol. The minimum atomic E-state index is -1.10. The molecule has 0 spiro atoms. The van der Waals surface area contributed by atoms with Gasteiger partial charge in [0.1, 0.15) is 23.0 Å². The zero-order valence-electron chi connectivity index (χ0n) is 10.9. The van der Waals surface area contributed by atoms with E-state index in [1.807, 2.05) is 0 Å². The van der Waals surface area contributed by atoms with Crippen LogP contribution < -0.4 is 0 Å². The molecule has 0 radical (unpaired) electrons. The van der Waals surface area contributed by atoms with E-state index < -0.39 is 17.6 Å². The van der Waals surface area contributed by atoms with Gasteiger partial charge in [0.05, 0.1) is 11.4 Å². The number of aryl methyl sites for hydroxylation is 2. The molecule has 0 amide bonds. The van der Waals surface area contributed by atoms with Gasteiger partial charge in [-0.25, -0.2) is 23.5 Å². The van der Waals surface area contributed by atoms with Crippen LogP contribution in [0.2, 0.25) is 0 Å². The van der Waals surface area contributed by atoms with Gasteiger partial charge in [-0.1, -0.05) is 6.07 Å². The Morgan fingerprint density at radius 1 is 1.20 bits per heavy atom. The number of aromatic carboxylic acids is 1. The maximum absolute atomic E-state index is 13.6. The van der Waals surface area contributed by atoms with Crippen LogP contribution in [0.1, 0.15) is 33.1 Å². The fraction of sp³-hybridized carbons (Fsp3) is 0.214. The summed E-state index contributed by atoms with van der Waals surface area (Å²) in [5, 5.41) is 9.02. The molecular formula is C14H12F2N2O2. The molecular weight excluding hydrogens is 266 g/mol. The first-order chi connectivity index (χ1) is 9.38. The summed E-state index contributed by atoms with van der Waals surface area (Å²) in [5.41, 5.74) is 0.951. The smallest absolute Gasteiger partial charge is 0.339 e. The summed E-state index contributed by atoms with van der Waals surface area (Å²) in [6.07, 6.45) is 0.0771. The molecule has 104 valence electrons. The maximum Gasteiger partial charge on any atom is 0.339 e. The first-order valence-corrected chi connectivity index (χ1v) is 5.90. The van der Waals surface area contributed by atoms with Crippen molar-refractivity contribution in [2.45, 2.75) is 20.3 Å². The van der Waals surface area contributed by atoms with Gasteiger partial charge in [0.15, 0.2) is 0 Å². The van der Waals surface area contributed by atoms with Crippen molar-refractivity contribution in [2.24, 2.45) is 0 Å².